The lowest BCUT2D eigenvalue weighted by Crippen LogP contribution is -2.47. The van der Waals surface area contributed by atoms with Gasteiger partial charge in [-0.25, -0.2) is 4.98 Å². The SMILES string of the molecule is CN=C(NCc1ccnc(OC(C)CC(C)C)c1)N1CCOC(c2cnn(C)c2)C1.I. The summed E-state index contributed by atoms with van der Waals surface area (Å²) in [5.41, 5.74) is 2.19. The van der Waals surface area contributed by atoms with Crippen molar-refractivity contribution in [3.05, 3.63) is 41.9 Å². The predicted molar refractivity (Wildman–Crippen MR) is 133 cm³/mol. The van der Waals surface area contributed by atoms with Gasteiger partial charge < -0.3 is 19.7 Å². The molecule has 0 aliphatic carbocycles. The highest BCUT2D eigenvalue weighted by atomic mass is 127. The second-order valence-corrected chi connectivity index (χ2v) is 8.21. The van der Waals surface area contributed by atoms with Gasteiger partial charge in [0.1, 0.15) is 6.10 Å². The molecule has 0 bridgehead atoms. The molecule has 0 aromatic carbocycles. The van der Waals surface area contributed by atoms with Crippen LogP contribution in [0.25, 0.3) is 0 Å². The lowest BCUT2D eigenvalue weighted by atomic mass is 10.1. The standard InChI is InChI=1S/C22H34N6O2.HI/c1-16(2)10-17(3)30-21-11-18(6-7-24-21)12-25-22(23-4)28-8-9-29-20(15-28)19-13-26-27(5)14-19;/h6-7,11,13-14,16-17,20H,8-10,12,15H2,1-5H3,(H,23,25);1H. The minimum absolute atomic E-state index is 0. The van der Waals surface area contributed by atoms with Gasteiger partial charge in [0.25, 0.3) is 0 Å². The van der Waals surface area contributed by atoms with E-state index in [1.807, 2.05) is 38.6 Å². The number of pyridine rings is 1. The van der Waals surface area contributed by atoms with Crippen molar-refractivity contribution in [1.82, 2.24) is 25.0 Å². The fourth-order valence-corrected chi connectivity index (χ4v) is 3.71. The summed E-state index contributed by atoms with van der Waals surface area (Å²) in [4.78, 5) is 11.1. The maximum atomic E-state index is 5.98. The van der Waals surface area contributed by atoms with E-state index < -0.39 is 0 Å². The topological polar surface area (TPSA) is 76.8 Å². The average molecular weight is 542 g/mol. The van der Waals surface area contributed by atoms with Crippen LogP contribution in [-0.2, 0) is 18.3 Å². The van der Waals surface area contributed by atoms with Crippen LogP contribution in [0, 0.1) is 5.92 Å². The lowest BCUT2D eigenvalue weighted by molar-refractivity contribution is -0.00805. The Morgan fingerprint density at radius 2 is 2.19 bits per heavy atom. The molecule has 0 amide bonds. The molecule has 3 rings (SSSR count). The summed E-state index contributed by atoms with van der Waals surface area (Å²) < 4.78 is 13.7. The van der Waals surface area contributed by atoms with E-state index in [0.29, 0.717) is 24.9 Å². The summed E-state index contributed by atoms with van der Waals surface area (Å²) in [6, 6.07) is 3.99. The van der Waals surface area contributed by atoms with Crippen LogP contribution in [0.15, 0.2) is 35.7 Å². The quantitative estimate of drug-likeness (QED) is 0.329. The average Bonchev–Trinajstić information content (AvgIpc) is 3.15. The van der Waals surface area contributed by atoms with Gasteiger partial charge >= 0.3 is 0 Å². The second-order valence-electron chi connectivity index (χ2n) is 8.21. The van der Waals surface area contributed by atoms with Gasteiger partial charge in [0.05, 0.1) is 25.5 Å². The maximum Gasteiger partial charge on any atom is 0.213 e. The lowest BCUT2D eigenvalue weighted by Gasteiger charge is -2.34. The van der Waals surface area contributed by atoms with Gasteiger partial charge in [-0.1, -0.05) is 13.8 Å². The van der Waals surface area contributed by atoms with Gasteiger partial charge in [-0.15, -0.1) is 24.0 Å². The molecular formula is C22H35IN6O2. The van der Waals surface area contributed by atoms with Gasteiger partial charge in [-0.05, 0) is 30.9 Å². The van der Waals surface area contributed by atoms with E-state index in [9.17, 15) is 0 Å². The number of rotatable bonds is 7. The number of nitrogens with one attached hydrogen (secondary N) is 1. The Hall–Kier alpha value is -1.88. The molecule has 3 heterocycles. The van der Waals surface area contributed by atoms with Gasteiger partial charge in [0.15, 0.2) is 5.96 Å². The number of guanidine groups is 1. The van der Waals surface area contributed by atoms with Crippen molar-refractivity contribution in [2.24, 2.45) is 18.0 Å². The number of hydrogen-bond acceptors (Lipinski definition) is 5. The molecule has 2 aromatic rings. The van der Waals surface area contributed by atoms with E-state index in [0.717, 1.165) is 36.6 Å². The van der Waals surface area contributed by atoms with Crippen LogP contribution in [0.4, 0.5) is 0 Å². The third-order valence-corrected chi connectivity index (χ3v) is 5.05. The normalized spacial score (nSPS) is 17.9. The molecule has 0 radical (unpaired) electrons. The number of hydrogen-bond donors (Lipinski definition) is 1. The second kappa shape index (κ2) is 12.2. The molecule has 1 fully saturated rings. The van der Waals surface area contributed by atoms with Crippen molar-refractivity contribution < 1.29 is 9.47 Å². The highest BCUT2D eigenvalue weighted by Crippen LogP contribution is 2.22. The van der Waals surface area contributed by atoms with Crippen molar-refractivity contribution in [1.29, 1.82) is 0 Å². The highest BCUT2D eigenvalue weighted by molar-refractivity contribution is 14.0. The smallest absolute Gasteiger partial charge is 0.213 e. The van der Waals surface area contributed by atoms with Gasteiger partial charge in [0.2, 0.25) is 5.88 Å². The van der Waals surface area contributed by atoms with Crippen LogP contribution in [0.1, 0.15) is 44.4 Å². The molecule has 2 aromatic heterocycles. The summed E-state index contributed by atoms with van der Waals surface area (Å²) in [5, 5.41) is 7.72. The molecule has 8 nitrogen and oxygen atoms in total. The number of nitrogens with zero attached hydrogens (tertiary/aromatic N) is 5. The van der Waals surface area contributed by atoms with Crippen LogP contribution in [-0.4, -0.2) is 58.5 Å². The molecule has 1 aliphatic heterocycles. The Kier molecular flexibility index (Phi) is 10.0. The molecule has 172 valence electrons. The van der Waals surface area contributed by atoms with E-state index in [1.165, 1.54) is 0 Å². The zero-order valence-electron chi connectivity index (χ0n) is 19.1. The Balaban J connectivity index is 0.00000341. The Morgan fingerprint density at radius 1 is 1.39 bits per heavy atom. The first-order valence-electron chi connectivity index (χ1n) is 10.6. The van der Waals surface area contributed by atoms with Gasteiger partial charge in [0, 0.05) is 51.2 Å². The summed E-state index contributed by atoms with van der Waals surface area (Å²) >= 11 is 0. The van der Waals surface area contributed by atoms with Crippen molar-refractivity contribution in [3.63, 3.8) is 0 Å². The first kappa shape index (κ1) is 25.4. The third kappa shape index (κ3) is 7.64. The number of aryl methyl sites for hydroxylation is 1. The Bertz CT molecular complexity index is 841. The van der Waals surface area contributed by atoms with Crippen molar-refractivity contribution >= 4 is 29.9 Å². The minimum atomic E-state index is -0.00521. The molecule has 2 atom stereocenters. The molecule has 1 saturated heterocycles. The van der Waals surface area contributed by atoms with E-state index in [4.69, 9.17) is 9.47 Å². The molecule has 1 aliphatic rings. The number of halogens is 1. The zero-order valence-corrected chi connectivity index (χ0v) is 21.4. The van der Waals surface area contributed by atoms with E-state index in [1.54, 1.807) is 10.9 Å². The van der Waals surface area contributed by atoms with Crippen LogP contribution < -0.4 is 10.1 Å². The number of ether oxygens (including phenoxy) is 2. The monoisotopic (exact) mass is 542 g/mol. The van der Waals surface area contributed by atoms with Crippen molar-refractivity contribution in [2.75, 3.05) is 26.7 Å². The molecule has 1 N–H and O–H groups in total. The summed E-state index contributed by atoms with van der Waals surface area (Å²) in [7, 11) is 3.73. The van der Waals surface area contributed by atoms with Gasteiger partial charge in [-0.2, -0.15) is 5.10 Å². The summed E-state index contributed by atoms with van der Waals surface area (Å²) in [5.74, 6) is 2.12. The molecule has 0 spiro atoms. The largest absolute Gasteiger partial charge is 0.475 e. The molecule has 31 heavy (non-hydrogen) atoms. The summed E-state index contributed by atoms with van der Waals surface area (Å²) in [6.07, 6.45) is 6.81. The van der Waals surface area contributed by atoms with Crippen LogP contribution >= 0.6 is 24.0 Å². The Morgan fingerprint density at radius 3 is 2.87 bits per heavy atom. The van der Waals surface area contributed by atoms with E-state index in [2.05, 4.69) is 46.1 Å². The Labute approximate surface area is 202 Å². The predicted octanol–water partition coefficient (Wildman–Crippen LogP) is 3.40. The van der Waals surface area contributed by atoms with Crippen LogP contribution in [0.2, 0.25) is 0 Å². The van der Waals surface area contributed by atoms with E-state index >= 15 is 0 Å². The minimum Gasteiger partial charge on any atom is -0.475 e. The summed E-state index contributed by atoms with van der Waals surface area (Å²) in [6.45, 7) is 9.33. The van der Waals surface area contributed by atoms with E-state index in [-0.39, 0.29) is 36.2 Å². The first-order chi connectivity index (χ1) is 14.4. The highest BCUT2D eigenvalue weighted by Gasteiger charge is 2.25. The van der Waals surface area contributed by atoms with Crippen LogP contribution in [0.5, 0.6) is 5.88 Å². The molecule has 9 heteroatoms. The molecule has 0 saturated carbocycles. The number of aromatic nitrogens is 3. The maximum absolute atomic E-state index is 5.98. The van der Waals surface area contributed by atoms with Crippen molar-refractivity contribution in [3.8, 4) is 5.88 Å². The fraction of sp³-hybridized carbons (Fsp3) is 0.591. The van der Waals surface area contributed by atoms with Crippen molar-refractivity contribution in [2.45, 2.75) is 45.9 Å². The molecule has 2 unspecified atom stereocenters. The number of aliphatic imine (C=N–C) groups is 1. The fourth-order valence-electron chi connectivity index (χ4n) is 3.71. The zero-order chi connectivity index (χ0) is 21.5. The number of morpholine rings is 1. The first-order valence-corrected chi connectivity index (χ1v) is 10.6. The van der Waals surface area contributed by atoms with Gasteiger partial charge in [-0.3, -0.25) is 9.67 Å². The van der Waals surface area contributed by atoms with Crippen LogP contribution in [0.3, 0.4) is 0 Å². The molecular weight excluding hydrogens is 507 g/mol. The third-order valence-electron chi connectivity index (χ3n) is 5.05.